The van der Waals surface area contributed by atoms with E-state index in [9.17, 15) is 39.4 Å². The molecule has 13 heteroatoms. The van der Waals surface area contributed by atoms with Gasteiger partial charge in [0, 0.05) is 47.6 Å². The van der Waals surface area contributed by atoms with Gasteiger partial charge in [-0.25, -0.2) is 9.59 Å². The van der Waals surface area contributed by atoms with Crippen LogP contribution in [0.4, 0.5) is 11.4 Å². The lowest BCUT2D eigenvalue weighted by Gasteiger charge is -2.23. The Morgan fingerprint density at radius 2 is 1.02 bits per heavy atom. The molecule has 0 bridgehead atoms. The second-order valence-electron chi connectivity index (χ2n) is 8.15. The third kappa shape index (κ3) is 6.36. The summed E-state index contributed by atoms with van der Waals surface area (Å²) in [5.74, 6) is -2.49. The van der Waals surface area contributed by atoms with Crippen LogP contribution in [0.15, 0.2) is 60.7 Å². The standard InChI is InChI=1S/C13H8N2O4.C12H5NO5.CH5N.4CH4/c1-14-12(16)9-4-2-3-7-5-8(15(18)19)6-10(11(7)9)13(14)17;14-11-8-3-1-2-6-4-7(13(16)17)5-9(10(6)8)12(15)18-11;1-2;;;;/h2-6H,1H3;1-5H;2H2,1H3;4*1H4. The number of imide groups is 1. The summed E-state index contributed by atoms with van der Waals surface area (Å²) in [6.45, 7) is 0. The molecule has 0 aliphatic carbocycles. The summed E-state index contributed by atoms with van der Waals surface area (Å²) in [4.78, 5) is 68.7. The molecule has 4 aromatic rings. The van der Waals surface area contributed by atoms with Crippen LogP contribution in [-0.4, -0.2) is 52.6 Å². The van der Waals surface area contributed by atoms with Gasteiger partial charge in [0.1, 0.15) is 0 Å². The SMILES string of the molecule is C.C.C.C.CN.CN1C(=O)c2cccc3cc([N+](=O)[O-])cc(c23)C1=O.O=C1OC(=O)c2cc([N+](=O)[O-])cc3cccc1c23. The number of nitro groups is 2. The average Bonchev–Trinajstić information content (AvgIpc) is 2.94. The quantitative estimate of drug-likeness (QED) is 0.0924. The van der Waals surface area contributed by atoms with E-state index in [1.54, 1.807) is 30.3 Å². The molecule has 228 valence electrons. The van der Waals surface area contributed by atoms with E-state index in [-0.39, 0.29) is 57.8 Å². The van der Waals surface area contributed by atoms with Crippen molar-refractivity contribution in [3.05, 3.63) is 103 Å². The Hall–Kier alpha value is -5.56. The second kappa shape index (κ2) is 14.4. The first-order valence-electron chi connectivity index (χ1n) is 11.2. The van der Waals surface area contributed by atoms with Gasteiger partial charge in [-0.2, -0.15) is 0 Å². The third-order valence-corrected chi connectivity index (χ3v) is 6.04. The lowest BCUT2D eigenvalue weighted by molar-refractivity contribution is -0.384. The molecule has 0 spiro atoms. The zero-order chi connectivity index (χ0) is 28.6. The molecule has 0 unspecified atom stereocenters. The molecule has 6 rings (SSSR count). The largest absolute Gasteiger partial charge is 0.386 e. The maximum Gasteiger partial charge on any atom is 0.346 e. The first kappa shape index (κ1) is 37.4. The predicted octanol–water partition coefficient (Wildman–Crippen LogP) is 6.15. The van der Waals surface area contributed by atoms with Crippen molar-refractivity contribution in [2.24, 2.45) is 5.73 Å². The number of nitrogens with two attached hydrogens (primary N) is 1. The van der Waals surface area contributed by atoms with Crippen molar-refractivity contribution in [3.8, 4) is 0 Å². The highest BCUT2D eigenvalue weighted by Gasteiger charge is 2.32. The number of carbonyl (C=O) groups excluding carboxylic acids is 4. The third-order valence-electron chi connectivity index (χ3n) is 6.04. The van der Waals surface area contributed by atoms with Crippen LogP contribution in [0.1, 0.15) is 71.1 Å². The Labute approximate surface area is 248 Å². The lowest BCUT2D eigenvalue weighted by Crippen LogP contribution is -2.36. The van der Waals surface area contributed by atoms with Crippen molar-refractivity contribution in [2.45, 2.75) is 29.7 Å². The van der Waals surface area contributed by atoms with Crippen LogP contribution in [0.25, 0.3) is 21.5 Å². The minimum Gasteiger partial charge on any atom is -0.386 e. The van der Waals surface area contributed by atoms with Gasteiger partial charge in [0.2, 0.25) is 0 Å². The van der Waals surface area contributed by atoms with Crippen LogP contribution < -0.4 is 5.73 Å². The van der Waals surface area contributed by atoms with E-state index in [1.165, 1.54) is 38.4 Å². The van der Waals surface area contributed by atoms with Gasteiger partial charge in [-0.1, -0.05) is 54.0 Å². The molecule has 13 nitrogen and oxygen atoms in total. The highest BCUT2D eigenvalue weighted by atomic mass is 16.6. The molecule has 0 atom stereocenters. The monoisotopic (exact) mass is 594 g/mol. The number of ether oxygens (including phenoxy) is 1. The lowest BCUT2D eigenvalue weighted by atomic mass is 9.94. The van der Waals surface area contributed by atoms with Crippen molar-refractivity contribution in [3.63, 3.8) is 0 Å². The summed E-state index contributed by atoms with van der Waals surface area (Å²) in [6.07, 6.45) is 0. The van der Waals surface area contributed by atoms with E-state index in [0.717, 1.165) is 11.0 Å². The number of rotatable bonds is 2. The van der Waals surface area contributed by atoms with Crippen LogP contribution in [0.5, 0.6) is 0 Å². The van der Waals surface area contributed by atoms with Crippen LogP contribution in [0, 0.1) is 20.2 Å². The second-order valence-corrected chi connectivity index (χ2v) is 8.15. The van der Waals surface area contributed by atoms with Crippen molar-refractivity contribution < 1.29 is 33.8 Å². The number of amides is 2. The Kier molecular flexibility index (Phi) is 12.5. The fraction of sp³-hybridized carbons (Fsp3) is 0.200. The number of nitrogens with zero attached hydrogens (tertiary/aromatic N) is 3. The van der Waals surface area contributed by atoms with Gasteiger partial charge in [0.25, 0.3) is 23.2 Å². The van der Waals surface area contributed by atoms with Crippen LogP contribution >= 0.6 is 0 Å². The molecule has 0 aromatic heterocycles. The summed E-state index contributed by atoms with van der Waals surface area (Å²) < 4.78 is 4.54. The molecule has 2 aliphatic heterocycles. The van der Waals surface area contributed by atoms with Gasteiger partial charge in [0.05, 0.1) is 26.5 Å². The highest BCUT2D eigenvalue weighted by Crippen LogP contribution is 2.33. The predicted molar refractivity (Wildman–Crippen MR) is 164 cm³/mol. The molecular formula is C30H34N4O9. The van der Waals surface area contributed by atoms with Gasteiger partial charge in [-0.3, -0.25) is 34.7 Å². The van der Waals surface area contributed by atoms with Crippen LogP contribution in [0.2, 0.25) is 0 Å². The van der Waals surface area contributed by atoms with E-state index >= 15 is 0 Å². The Morgan fingerprint density at radius 1 is 0.628 bits per heavy atom. The van der Waals surface area contributed by atoms with Gasteiger partial charge in [-0.05, 0) is 30.0 Å². The van der Waals surface area contributed by atoms with Crippen molar-refractivity contribution in [1.29, 1.82) is 0 Å². The minimum atomic E-state index is -0.854. The molecule has 0 fully saturated rings. The Bertz CT molecular complexity index is 1770. The molecular weight excluding hydrogens is 560 g/mol. The number of non-ortho nitro benzene ring substituents is 2. The highest BCUT2D eigenvalue weighted by molar-refractivity contribution is 6.25. The summed E-state index contributed by atoms with van der Waals surface area (Å²) in [5.41, 5.74) is 5.02. The van der Waals surface area contributed by atoms with E-state index in [1.807, 2.05) is 0 Å². The van der Waals surface area contributed by atoms with Gasteiger partial charge in [0.15, 0.2) is 0 Å². The summed E-state index contributed by atoms with van der Waals surface area (Å²) in [6, 6.07) is 14.7. The molecule has 2 N–H and O–H groups in total. The minimum absolute atomic E-state index is 0. The van der Waals surface area contributed by atoms with E-state index < -0.39 is 33.6 Å². The number of benzene rings is 4. The number of nitro benzene ring substituents is 2. The molecule has 0 saturated heterocycles. The molecule has 0 saturated carbocycles. The fourth-order valence-electron chi connectivity index (χ4n) is 4.36. The summed E-state index contributed by atoms with van der Waals surface area (Å²) in [5, 5.41) is 23.5. The smallest absolute Gasteiger partial charge is 0.346 e. The number of carbonyl (C=O) groups is 4. The Morgan fingerprint density at radius 3 is 1.51 bits per heavy atom. The average molecular weight is 595 g/mol. The topological polar surface area (TPSA) is 193 Å². The van der Waals surface area contributed by atoms with Gasteiger partial charge >= 0.3 is 11.9 Å². The fourth-order valence-corrected chi connectivity index (χ4v) is 4.36. The van der Waals surface area contributed by atoms with E-state index in [4.69, 9.17) is 0 Å². The number of cyclic esters (lactones) is 2. The summed E-state index contributed by atoms with van der Waals surface area (Å²) >= 11 is 0. The molecule has 2 heterocycles. The summed E-state index contributed by atoms with van der Waals surface area (Å²) in [7, 11) is 2.87. The number of hydrogen-bond acceptors (Lipinski definition) is 10. The first-order valence-corrected chi connectivity index (χ1v) is 11.2. The number of hydrogen-bond donors (Lipinski definition) is 1. The zero-order valence-electron chi connectivity index (χ0n) is 20.4. The van der Waals surface area contributed by atoms with Crippen LogP contribution in [0.3, 0.4) is 0 Å². The molecule has 0 radical (unpaired) electrons. The molecule has 2 aliphatic rings. The molecule has 2 amide bonds. The van der Waals surface area contributed by atoms with E-state index in [0.29, 0.717) is 27.1 Å². The number of esters is 2. The van der Waals surface area contributed by atoms with Crippen molar-refractivity contribution in [2.75, 3.05) is 14.1 Å². The van der Waals surface area contributed by atoms with Crippen molar-refractivity contribution >= 4 is 56.7 Å². The first-order chi connectivity index (χ1) is 18.6. The zero-order valence-corrected chi connectivity index (χ0v) is 20.4. The Balaban J connectivity index is 0.000000714. The molecule has 4 aromatic carbocycles. The van der Waals surface area contributed by atoms with E-state index in [2.05, 4.69) is 10.5 Å². The maximum atomic E-state index is 12.1. The maximum absolute atomic E-state index is 12.1. The van der Waals surface area contributed by atoms with Gasteiger partial charge in [-0.15, -0.1) is 0 Å². The van der Waals surface area contributed by atoms with Crippen molar-refractivity contribution in [1.82, 2.24) is 4.90 Å². The molecule has 43 heavy (non-hydrogen) atoms. The van der Waals surface area contributed by atoms with Crippen LogP contribution in [-0.2, 0) is 4.74 Å². The normalized spacial score (nSPS) is 12.0. The van der Waals surface area contributed by atoms with Gasteiger partial charge < -0.3 is 10.5 Å².